The van der Waals surface area contributed by atoms with E-state index in [0.717, 1.165) is 5.46 Å². The monoisotopic (exact) mass is 370 g/mol. The van der Waals surface area contributed by atoms with E-state index >= 15 is 0 Å². The van der Waals surface area contributed by atoms with E-state index in [4.69, 9.17) is 9.31 Å². The Kier molecular flexibility index (Phi) is 3.52. The Bertz CT molecular complexity index is 1090. The van der Waals surface area contributed by atoms with Gasteiger partial charge in [0.1, 0.15) is 0 Å². The Morgan fingerprint density at radius 3 is 1.93 bits per heavy atom. The van der Waals surface area contributed by atoms with E-state index in [0.29, 0.717) is 0 Å². The molecule has 2 aliphatic rings. The molecular weight excluding hydrogens is 343 g/mol. The van der Waals surface area contributed by atoms with Gasteiger partial charge in [-0.15, -0.1) is 0 Å². The van der Waals surface area contributed by atoms with Crippen LogP contribution in [0.3, 0.4) is 0 Å². The lowest BCUT2D eigenvalue weighted by Gasteiger charge is -2.32. The van der Waals surface area contributed by atoms with Crippen LogP contribution in [0.2, 0.25) is 0 Å². The minimum absolute atomic E-state index is 0.0473. The van der Waals surface area contributed by atoms with Crippen molar-refractivity contribution < 1.29 is 9.31 Å². The fraction of sp³-hybridized carbons (Fsp3) is 0.360. The fourth-order valence-electron chi connectivity index (χ4n) is 4.74. The number of rotatable bonds is 1. The molecule has 1 aliphatic carbocycles. The van der Waals surface area contributed by atoms with Crippen LogP contribution >= 0.6 is 0 Å². The molecule has 0 unspecified atom stereocenters. The summed E-state index contributed by atoms with van der Waals surface area (Å²) in [6.45, 7) is 13.1. The molecule has 5 rings (SSSR count). The summed E-state index contributed by atoms with van der Waals surface area (Å²) in [5.41, 5.74) is 5.84. The highest BCUT2D eigenvalue weighted by Crippen LogP contribution is 2.51. The average molecular weight is 370 g/mol. The Morgan fingerprint density at radius 1 is 0.679 bits per heavy atom. The van der Waals surface area contributed by atoms with E-state index in [1.165, 1.54) is 33.0 Å². The van der Waals surface area contributed by atoms with Gasteiger partial charge in [-0.25, -0.2) is 0 Å². The summed E-state index contributed by atoms with van der Waals surface area (Å²) in [5.74, 6) is 0. The third-order valence-corrected chi connectivity index (χ3v) is 7.13. The van der Waals surface area contributed by atoms with Crippen LogP contribution in [0, 0.1) is 0 Å². The van der Waals surface area contributed by atoms with Gasteiger partial charge in [-0.05, 0) is 66.2 Å². The van der Waals surface area contributed by atoms with E-state index in [1.807, 2.05) is 0 Å². The van der Waals surface area contributed by atoms with Gasteiger partial charge in [0.05, 0.1) is 11.2 Å². The summed E-state index contributed by atoms with van der Waals surface area (Å²) in [7, 11) is -0.361. The van der Waals surface area contributed by atoms with Crippen LogP contribution in [0.4, 0.5) is 0 Å². The molecule has 142 valence electrons. The number of hydrogen-bond acceptors (Lipinski definition) is 2. The first kappa shape index (κ1) is 18.0. The van der Waals surface area contributed by atoms with Crippen molar-refractivity contribution in [1.29, 1.82) is 0 Å². The number of benzene rings is 3. The highest BCUT2D eigenvalue weighted by atomic mass is 16.7. The average Bonchev–Trinajstić information content (AvgIpc) is 3.01. The normalized spacial score (nSPS) is 21.0. The maximum atomic E-state index is 6.44. The quantitative estimate of drug-likeness (QED) is 0.531. The second-order valence-electron chi connectivity index (χ2n) is 9.69. The van der Waals surface area contributed by atoms with E-state index in [1.54, 1.807) is 0 Å². The summed E-state index contributed by atoms with van der Waals surface area (Å²) < 4.78 is 12.9. The zero-order chi connectivity index (χ0) is 19.9. The van der Waals surface area contributed by atoms with E-state index in [9.17, 15) is 0 Å². The number of fused-ring (bicyclic) bond motifs is 5. The lowest BCUT2D eigenvalue weighted by Crippen LogP contribution is -2.41. The second kappa shape index (κ2) is 5.49. The molecule has 3 heteroatoms. The highest BCUT2D eigenvalue weighted by Gasteiger charge is 2.52. The Morgan fingerprint density at radius 2 is 1.25 bits per heavy atom. The van der Waals surface area contributed by atoms with Gasteiger partial charge in [0.2, 0.25) is 0 Å². The van der Waals surface area contributed by atoms with Crippen molar-refractivity contribution in [3.8, 4) is 11.1 Å². The van der Waals surface area contributed by atoms with E-state index in [-0.39, 0.29) is 23.7 Å². The summed E-state index contributed by atoms with van der Waals surface area (Å²) in [6, 6.07) is 19.8. The molecule has 3 aromatic carbocycles. The summed E-state index contributed by atoms with van der Waals surface area (Å²) in [6.07, 6.45) is 0. The largest absolute Gasteiger partial charge is 0.495 e. The van der Waals surface area contributed by atoms with Crippen LogP contribution in [-0.4, -0.2) is 18.3 Å². The van der Waals surface area contributed by atoms with Gasteiger partial charge >= 0.3 is 7.12 Å². The third kappa shape index (κ3) is 2.24. The van der Waals surface area contributed by atoms with Crippen molar-refractivity contribution in [2.75, 3.05) is 0 Å². The van der Waals surface area contributed by atoms with Gasteiger partial charge in [0.15, 0.2) is 0 Å². The minimum atomic E-state index is -0.361. The standard InChI is InChI=1S/C25H27BO2/c1-23(2)19-14-10-9-13-18(19)22-17-12-8-7-11-16(17)21(15-20(22)23)26-27-24(3,4)25(5,6)28-26/h7-15H,1-6H3. The van der Waals surface area contributed by atoms with Crippen molar-refractivity contribution in [2.24, 2.45) is 0 Å². The van der Waals surface area contributed by atoms with Crippen molar-refractivity contribution in [2.45, 2.75) is 58.2 Å². The fourth-order valence-corrected chi connectivity index (χ4v) is 4.74. The molecule has 2 nitrogen and oxygen atoms in total. The summed E-state index contributed by atoms with van der Waals surface area (Å²) >= 11 is 0. The molecule has 1 heterocycles. The van der Waals surface area contributed by atoms with Gasteiger partial charge in [0.25, 0.3) is 0 Å². The van der Waals surface area contributed by atoms with Gasteiger partial charge in [-0.1, -0.05) is 68.4 Å². The molecule has 3 aromatic rings. The van der Waals surface area contributed by atoms with Gasteiger partial charge in [0, 0.05) is 5.41 Å². The van der Waals surface area contributed by atoms with E-state index in [2.05, 4.69) is 96.1 Å². The lowest BCUT2D eigenvalue weighted by molar-refractivity contribution is 0.00578. The van der Waals surface area contributed by atoms with Gasteiger partial charge in [-0.3, -0.25) is 0 Å². The molecule has 0 atom stereocenters. The van der Waals surface area contributed by atoms with Crippen LogP contribution < -0.4 is 5.46 Å². The van der Waals surface area contributed by atoms with Crippen molar-refractivity contribution >= 4 is 23.4 Å². The first-order valence-electron chi connectivity index (χ1n) is 10.2. The second-order valence-corrected chi connectivity index (χ2v) is 9.69. The minimum Gasteiger partial charge on any atom is -0.399 e. The predicted molar refractivity (Wildman–Crippen MR) is 117 cm³/mol. The van der Waals surface area contributed by atoms with Gasteiger partial charge < -0.3 is 9.31 Å². The topological polar surface area (TPSA) is 18.5 Å². The third-order valence-electron chi connectivity index (χ3n) is 7.13. The van der Waals surface area contributed by atoms with Crippen molar-refractivity contribution in [1.82, 2.24) is 0 Å². The zero-order valence-electron chi connectivity index (χ0n) is 17.6. The number of hydrogen-bond donors (Lipinski definition) is 0. The lowest BCUT2D eigenvalue weighted by atomic mass is 9.72. The Hall–Kier alpha value is -2.10. The van der Waals surface area contributed by atoms with Crippen LogP contribution in [0.15, 0.2) is 54.6 Å². The molecule has 1 saturated heterocycles. The Balaban J connectivity index is 1.80. The zero-order valence-corrected chi connectivity index (χ0v) is 17.6. The first-order chi connectivity index (χ1) is 13.1. The molecule has 0 radical (unpaired) electrons. The van der Waals surface area contributed by atoms with Crippen LogP contribution in [0.5, 0.6) is 0 Å². The Labute approximate surface area is 168 Å². The van der Waals surface area contributed by atoms with Crippen LogP contribution in [-0.2, 0) is 14.7 Å². The SMILES string of the molecule is CC1(C)c2ccccc2-c2c1cc(B1OC(C)(C)C(C)(C)O1)c1ccccc21. The maximum absolute atomic E-state index is 6.44. The molecule has 0 bridgehead atoms. The smallest absolute Gasteiger partial charge is 0.399 e. The molecule has 0 saturated carbocycles. The molecule has 0 amide bonds. The van der Waals surface area contributed by atoms with Gasteiger partial charge in [-0.2, -0.15) is 0 Å². The van der Waals surface area contributed by atoms with Crippen LogP contribution in [0.1, 0.15) is 52.7 Å². The molecular formula is C25H27BO2. The molecule has 0 aromatic heterocycles. The molecule has 0 N–H and O–H groups in total. The predicted octanol–water partition coefficient (Wildman–Crippen LogP) is 5.45. The highest BCUT2D eigenvalue weighted by molar-refractivity contribution is 6.65. The molecule has 0 spiro atoms. The summed E-state index contributed by atoms with van der Waals surface area (Å²) in [4.78, 5) is 0. The van der Waals surface area contributed by atoms with Crippen molar-refractivity contribution in [3.05, 3.63) is 65.7 Å². The first-order valence-corrected chi connectivity index (χ1v) is 10.2. The van der Waals surface area contributed by atoms with E-state index < -0.39 is 0 Å². The summed E-state index contributed by atoms with van der Waals surface area (Å²) in [5, 5.41) is 2.50. The van der Waals surface area contributed by atoms with Crippen LogP contribution in [0.25, 0.3) is 21.9 Å². The van der Waals surface area contributed by atoms with Crippen molar-refractivity contribution in [3.63, 3.8) is 0 Å². The maximum Gasteiger partial charge on any atom is 0.495 e. The molecule has 28 heavy (non-hydrogen) atoms. The molecule has 1 fully saturated rings. The molecule has 1 aliphatic heterocycles.